The lowest BCUT2D eigenvalue weighted by Gasteiger charge is -2.33. The van der Waals surface area contributed by atoms with Crippen LogP contribution in [0.2, 0.25) is 0 Å². The molecule has 1 amide bonds. The molecule has 1 N–H and O–H groups in total. The van der Waals surface area contributed by atoms with Crippen LogP contribution in [-0.2, 0) is 14.6 Å². The summed E-state index contributed by atoms with van der Waals surface area (Å²) in [4.78, 5) is 19.1. The molecule has 0 saturated carbocycles. The quantitative estimate of drug-likeness (QED) is 0.435. The molecule has 1 aliphatic heterocycles. The van der Waals surface area contributed by atoms with E-state index < -0.39 is 9.84 Å². The lowest BCUT2D eigenvalue weighted by atomic mass is 10.1. The molecular weight excluding hydrogens is 470 g/mol. The molecule has 1 aromatic heterocycles. The molecule has 2 aromatic rings. The number of unbranched alkanes of at least 4 members (excludes halogenated alkanes) is 1. The number of hydrogen-bond acceptors (Lipinski definition) is 7. The number of benzene rings is 1. The Morgan fingerprint density at radius 2 is 1.88 bits per heavy atom. The summed E-state index contributed by atoms with van der Waals surface area (Å²) in [6, 6.07) is 7.63. The highest BCUT2D eigenvalue weighted by molar-refractivity contribution is 7.92. The molecule has 188 valence electrons. The molecule has 0 spiro atoms. The van der Waals surface area contributed by atoms with Crippen LogP contribution in [-0.4, -0.2) is 61.5 Å². The summed E-state index contributed by atoms with van der Waals surface area (Å²) in [7, 11) is -1.50. The molecule has 1 aliphatic rings. The van der Waals surface area contributed by atoms with E-state index in [0.717, 1.165) is 49.1 Å². The molecule has 0 radical (unpaired) electrons. The van der Waals surface area contributed by atoms with Gasteiger partial charge in [-0.1, -0.05) is 33.1 Å². The second kappa shape index (κ2) is 12.7. The molecule has 1 aromatic carbocycles. The second-order valence-corrected chi connectivity index (χ2v) is 12.3. The molecule has 3 rings (SSSR count). The van der Waals surface area contributed by atoms with Gasteiger partial charge < -0.3 is 10.1 Å². The van der Waals surface area contributed by atoms with Crippen LogP contribution in [0.4, 0.5) is 5.13 Å². The van der Waals surface area contributed by atoms with Crippen molar-refractivity contribution in [2.24, 2.45) is 0 Å². The van der Waals surface area contributed by atoms with Crippen molar-refractivity contribution in [3.63, 3.8) is 0 Å². The third-order valence-electron chi connectivity index (χ3n) is 6.46. The van der Waals surface area contributed by atoms with Gasteiger partial charge in [-0.25, -0.2) is 13.4 Å². The molecule has 1 saturated heterocycles. The van der Waals surface area contributed by atoms with Crippen LogP contribution in [0.5, 0.6) is 5.75 Å². The highest BCUT2D eigenvalue weighted by atomic mass is 32.2. The van der Waals surface area contributed by atoms with E-state index in [1.54, 1.807) is 7.11 Å². The molecule has 9 heteroatoms. The number of hydrogen-bond donors (Lipinski definition) is 1. The monoisotopic (exact) mass is 507 g/mol. The molecule has 1 unspecified atom stereocenters. The Hall–Kier alpha value is -1.97. The minimum atomic E-state index is -3.13. The highest BCUT2D eigenvalue weighted by Crippen LogP contribution is 2.28. The molecule has 7 nitrogen and oxygen atoms in total. The number of likely N-dealkylation sites (tertiary alicyclic amines) is 1. The molecule has 0 aliphatic carbocycles. The number of methoxy groups -OCH3 is 1. The topological polar surface area (TPSA) is 88.6 Å². The summed E-state index contributed by atoms with van der Waals surface area (Å²) in [6.45, 7) is 5.65. The van der Waals surface area contributed by atoms with Gasteiger partial charge >= 0.3 is 0 Å². The van der Waals surface area contributed by atoms with Crippen molar-refractivity contribution >= 4 is 32.2 Å². The fraction of sp³-hybridized carbons (Fsp3) is 0.600. The van der Waals surface area contributed by atoms with Gasteiger partial charge in [0.05, 0.1) is 29.8 Å². The van der Waals surface area contributed by atoms with E-state index in [1.807, 2.05) is 34.5 Å². The number of thiazole rings is 1. The van der Waals surface area contributed by atoms with Gasteiger partial charge in [-0.2, -0.15) is 0 Å². The Labute approximate surface area is 207 Å². The van der Waals surface area contributed by atoms with E-state index in [2.05, 4.69) is 24.1 Å². The number of piperidine rings is 1. The molecule has 2 heterocycles. The molecule has 0 bridgehead atoms. The van der Waals surface area contributed by atoms with Gasteiger partial charge in [-0.05, 0) is 63.0 Å². The first-order valence-corrected chi connectivity index (χ1v) is 14.7. The maximum absolute atomic E-state index is 13.2. The fourth-order valence-electron chi connectivity index (χ4n) is 4.48. The van der Waals surface area contributed by atoms with Crippen molar-refractivity contribution < 1.29 is 17.9 Å². The fourth-order valence-corrected chi connectivity index (χ4v) is 7.69. The predicted octanol–water partition coefficient (Wildman–Crippen LogP) is 5.00. The number of nitrogens with zero attached hydrogens (tertiary/aromatic N) is 2. The lowest BCUT2D eigenvalue weighted by molar-refractivity contribution is -0.117. The first kappa shape index (κ1) is 26.6. The zero-order chi connectivity index (χ0) is 24.6. The third-order valence-corrected chi connectivity index (χ3v) is 10.0. The Morgan fingerprint density at radius 1 is 1.18 bits per heavy atom. The Morgan fingerprint density at radius 3 is 2.50 bits per heavy atom. The van der Waals surface area contributed by atoms with Gasteiger partial charge in [0, 0.05) is 10.9 Å². The first-order valence-electron chi connectivity index (χ1n) is 12.2. The van der Waals surface area contributed by atoms with Crippen LogP contribution < -0.4 is 10.1 Å². The number of amides is 1. The van der Waals surface area contributed by atoms with Gasteiger partial charge in [-0.3, -0.25) is 9.69 Å². The number of nitrogens with one attached hydrogen (secondary N) is 1. The van der Waals surface area contributed by atoms with Crippen LogP contribution in [0.25, 0.3) is 11.3 Å². The Bertz CT molecular complexity index is 1010. The maximum atomic E-state index is 13.2. The summed E-state index contributed by atoms with van der Waals surface area (Å²) in [5.41, 5.74) is 1.76. The van der Waals surface area contributed by atoms with E-state index in [-0.39, 0.29) is 23.0 Å². The highest BCUT2D eigenvalue weighted by Gasteiger charge is 2.35. The maximum Gasteiger partial charge on any atom is 0.240 e. The number of aromatic nitrogens is 1. The van der Waals surface area contributed by atoms with Crippen molar-refractivity contribution in [1.82, 2.24) is 9.88 Å². The number of carbonyl (C=O) groups is 1. The standard InChI is InChI=1S/C25H37N3O4S2/c1-4-6-8-21(7-5-2)34(30,31)22-13-15-28(16-14-22)17-24(29)27-25-26-23(18-33-25)19-9-11-20(32-3)12-10-19/h9-12,18,21-22H,4-8,13-17H2,1-3H3,(H,26,27,29). The first-order chi connectivity index (χ1) is 16.4. The van der Waals surface area contributed by atoms with Crippen LogP contribution in [0.1, 0.15) is 58.8 Å². The Kier molecular flexibility index (Phi) is 9.91. The third kappa shape index (κ3) is 7.02. The molecule has 1 atom stereocenters. The van der Waals surface area contributed by atoms with Crippen LogP contribution >= 0.6 is 11.3 Å². The van der Waals surface area contributed by atoms with Crippen molar-refractivity contribution in [1.29, 1.82) is 0 Å². The van der Waals surface area contributed by atoms with E-state index >= 15 is 0 Å². The van der Waals surface area contributed by atoms with Crippen molar-refractivity contribution in [3.05, 3.63) is 29.6 Å². The van der Waals surface area contributed by atoms with E-state index in [9.17, 15) is 13.2 Å². The van der Waals surface area contributed by atoms with Crippen molar-refractivity contribution in [3.8, 4) is 17.0 Å². The van der Waals surface area contributed by atoms with Gasteiger partial charge in [0.15, 0.2) is 15.0 Å². The average molecular weight is 508 g/mol. The van der Waals surface area contributed by atoms with Gasteiger partial charge in [0.2, 0.25) is 5.91 Å². The van der Waals surface area contributed by atoms with E-state index in [0.29, 0.717) is 31.1 Å². The van der Waals surface area contributed by atoms with E-state index in [1.165, 1.54) is 11.3 Å². The average Bonchev–Trinajstić information content (AvgIpc) is 3.30. The summed E-state index contributed by atoms with van der Waals surface area (Å²) in [6.07, 6.45) is 5.58. The summed E-state index contributed by atoms with van der Waals surface area (Å²) in [5.74, 6) is 0.662. The number of anilines is 1. The van der Waals surface area contributed by atoms with Crippen molar-refractivity contribution in [2.75, 3.05) is 32.1 Å². The lowest BCUT2D eigenvalue weighted by Crippen LogP contribution is -2.44. The number of carbonyl (C=O) groups excluding carboxylic acids is 1. The second-order valence-electron chi connectivity index (χ2n) is 8.93. The van der Waals surface area contributed by atoms with Gasteiger partial charge in [-0.15, -0.1) is 11.3 Å². The summed E-state index contributed by atoms with van der Waals surface area (Å²) in [5, 5.41) is 4.86. The number of rotatable bonds is 12. The zero-order valence-corrected chi connectivity index (χ0v) is 22.1. The summed E-state index contributed by atoms with van der Waals surface area (Å²) >= 11 is 1.39. The normalized spacial score (nSPS) is 16.3. The Balaban J connectivity index is 1.49. The smallest absolute Gasteiger partial charge is 0.240 e. The molecule has 1 fully saturated rings. The predicted molar refractivity (Wildman–Crippen MR) is 139 cm³/mol. The number of ether oxygens (including phenoxy) is 1. The molecular formula is C25H37N3O4S2. The summed E-state index contributed by atoms with van der Waals surface area (Å²) < 4.78 is 31.6. The SMILES string of the molecule is CCCCC(CCC)S(=O)(=O)C1CCN(CC(=O)Nc2nc(-c3ccc(OC)cc3)cs2)CC1. The van der Waals surface area contributed by atoms with Crippen LogP contribution in [0, 0.1) is 0 Å². The minimum absolute atomic E-state index is 0.122. The molecule has 34 heavy (non-hydrogen) atoms. The van der Waals surface area contributed by atoms with E-state index in [4.69, 9.17) is 4.74 Å². The largest absolute Gasteiger partial charge is 0.497 e. The van der Waals surface area contributed by atoms with Gasteiger partial charge in [0.25, 0.3) is 0 Å². The number of sulfone groups is 1. The van der Waals surface area contributed by atoms with Crippen LogP contribution in [0.15, 0.2) is 29.6 Å². The zero-order valence-electron chi connectivity index (χ0n) is 20.5. The minimum Gasteiger partial charge on any atom is -0.497 e. The van der Waals surface area contributed by atoms with Crippen molar-refractivity contribution in [2.45, 2.75) is 69.3 Å². The van der Waals surface area contributed by atoms with Crippen LogP contribution in [0.3, 0.4) is 0 Å². The van der Waals surface area contributed by atoms with Gasteiger partial charge in [0.1, 0.15) is 5.75 Å².